The Kier molecular flexibility index (Phi) is 6.64. The third kappa shape index (κ3) is 5.91. The number of methoxy groups -OCH3 is 1. The second-order valence-electron chi connectivity index (χ2n) is 5.90. The molecule has 0 aliphatic rings. The molecular weight excluding hydrogens is 306 g/mol. The molecule has 0 radical (unpaired) electrons. The second-order valence-corrected chi connectivity index (χ2v) is 6.34. The van der Waals surface area contributed by atoms with E-state index in [0.29, 0.717) is 11.6 Å². The van der Waals surface area contributed by atoms with Gasteiger partial charge in [-0.15, -0.1) is 0 Å². The van der Waals surface area contributed by atoms with Gasteiger partial charge in [0.25, 0.3) is 5.91 Å². The number of amides is 2. The lowest BCUT2D eigenvalue weighted by atomic mass is 9.86. The number of ether oxygens (including phenoxy) is 1. The molecule has 1 aromatic rings. The third-order valence-electron chi connectivity index (χ3n) is 2.99. The largest absolute Gasteiger partial charge is 0.453 e. The Balaban J connectivity index is 2.56. The van der Waals surface area contributed by atoms with Gasteiger partial charge in [0, 0.05) is 11.6 Å². The van der Waals surface area contributed by atoms with Gasteiger partial charge in [-0.25, -0.2) is 10.2 Å². The van der Waals surface area contributed by atoms with Crippen LogP contribution in [0.2, 0.25) is 5.02 Å². The summed E-state index contributed by atoms with van der Waals surface area (Å²) < 4.78 is 4.55. The first kappa shape index (κ1) is 18.3. The molecular formula is C15H22ClN3O3. The van der Waals surface area contributed by atoms with Crippen molar-refractivity contribution in [1.29, 1.82) is 0 Å². The molecule has 0 unspecified atom stereocenters. The fourth-order valence-electron chi connectivity index (χ4n) is 1.76. The van der Waals surface area contributed by atoms with Gasteiger partial charge >= 0.3 is 6.09 Å². The summed E-state index contributed by atoms with van der Waals surface area (Å²) in [5.74, 6) is -0.341. The van der Waals surface area contributed by atoms with Gasteiger partial charge in [-0.2, -0.15) is 0 Å². The molecule has 0 aliphatic heterocycles. The maximum atomic E-state index is 12.2. The van der Waals surface area contributed by atoms with Crippen LogP contribution >= 0.6 is 11.6 Å². The van der Waals surface area contributed by atoms with Gasteiger partial charge in [-0.3, -0.25) is 10.2 Å². The highest BCUT2D eigenvalue weighted by Gasteiger charge is 2.33. The summed E-state index contributed by atoms with van der Waals surface area (Å²) in [6, 6.07) is 6.54. The van der Waals surface area contributed by atoms with E-state index in [1.165, 1.54) is 7.11 Å². The van der Waals surface area contributed by atoms with Crippen molar-refractivity contribution in [3.8, 4) is 0 Å². The number of nitrogens with one attached hydrogen (secondary N) is 3. The summed E-state index contributed by atoms with van der Waals surface area (Å²) in [5.41, 5.74) is 5.93. The molecule has 1 rings (SSSR count). The molecule has 0 fully saturated rings. The Morgan fingerprint density at radius 3 is 2.32 bits per heavy atom. The van der Waals surface area contributed by atoms with E-state index in [-0.39, 0.29) is 5.91 Å². The SMILES string of the molecule is COC(=O)N[C@H](C(=O)NNCc1ccc(Cl)cc1)C(C)(C)C. The zero-order valence-corrected chi connectivity index (χ0v) is 14.0. The predicted octanol–water partition coefficient (Wildman–Crippen LogP) is 2.23. The van der Waals surface area contributed by atoms with Gasteiger partial charge in [0.15, 0.2) is 0 Å². The van der Waals surface area contributed by atoms with E-state index in [1.54, 1.807) is 12.1 Å². The van der Waals surface area contributed by atoms with Crippen LogP contribution in [0.4, 0.5) is 4.79 Å². The zero-order valence-electron chi connectivity index (χ0n) is 13.2. The molecule has 2 amide bonds. The van der Waals surface area contributed by atoms with Crippen molar-refractivity contribution in [2.45, 2.75) is 33.4 Å². The van der Waals surface area contributed by atoms with Gasteiger partial charge in [-0.05, 0) is 23.1 Å². The molecule has 0 saturated heterocycles. The van der Waals surface area contributed by atoms with Crippen LogP contribution in [-0.4, -0.2) is 25.2 Å². The highest BCUT2D eigenvalue weighted by Crippen LogP contribution is 2.19. The van der Waals surface area contributed by atoms with Gasteiger partial charge in [0.2, 0.25) is 0 Å². The molecule has 0 spiro atoms. The lowest BCUT2D eigenvalue weighted by Crippen LogP contribution is -2.56. The highest BCUT2D eigenvalue weighted by molar-refractivity contribution is 6.30. The summed E-state index contributed by atoms with van der Waals surface area (Å²) in [4.78, 5) is 23.6. The first-order valence-electron chi connectivity index (χ1n) is 6.85. The first-order chi connectivity index (χ1) is 10.2. The number of halogens is 1. The predicted molar refractivity (Wildman–Crippen MR) is 85.2 cm³/mol. The van der Waals surface area contributed by atoms with Crippen LogP contribution in [0.1, 0.15) is 26.3 Å². The third-order valence-corrected chi connectivity index (χ3v) is 3.25. The van der Waals surface area contributed by atoms with E-state index < -0.39 is 17.6 Å². The Morgan fingerprint density at radius 1 is 1.23 bits per heavy atom. The molecule has 0 aliphatic carbocycles. The average molecular weight is 328 g/mol. The van der Waals surface area contributed by atoms with Gasteiger partial charge in [-0.1, -0.05) is 44.5 Å². The first-order valence-corrected chi connectivity index (χ1v) is 7.23. The van der Waals surface area contributed by atoms with Crippen LogP contribution in [-0.2, 0) is 16.1 Å². The van der Waals surface area contributed by atoms with E-state index in [0.717, 1.165) is 5.56 Å². The van der Waals surface area contributed by atoms with E-state index >= 15 is 0 Å². The monoisotopic (exact) mass is 327 g/mol. The van der Waals surface area contributed by atoms with Crippen molar-refractivity contribution in [3.05, 3.63) is 34.9 Å². The molecule has 0 bridgehead atoms. The standard InChI is InChI=1S/C15H22ClN3O3/c1-15(2,3)12(18-14(21)22-4)13(20)19-17-9-10-5-7-11(16)8-6-10/h5-8,12,17H,9H2,1-4H3,(H,18,21)(H,19,20)/t12-/m1/s1. The summed E-state index contributed by atoms with van der Waals surface area (Å²) in [6.45, 7) is 6.00. The van der Waals surface area contributed by atoms with Gasteiger partial charge < -0.3 is 10.1 Å². The number of alkyl carbamates (subject to hydrolysis) is 1. The number of carbonyl (C=O) groups excluding carboxylic acids is 2. The van der Waals surface area contributed by atoms with Crippen LogP contribution in [0.25, 0.3) is 0 Å². The molecule has 1 aromatic carbocycles. The van der Waals surface area contributed by atoms with Crippen LogP contribution in [0.5, 0.6) is 0 Å². The summed E-state index contributed by atoms with van der Waals surface area (Å²) in [7, 11) is 1.26. The Morgan fingerprint density at radius 2 is 1.82 bits per heavy atom. The minimum absolute atomic E-state index is 0.341. The Labute approximate surface area is 135 Å². The molecule has 3 N–H and O–H groups in total. The number of hydrogen-bond donors (Lipinski definition) is 3. The topological polar surface area (TPSA) is 79.5 Å². The summed E-state index contributed by atoms with van der Waals surface area (Å²) in [6.07, 6.45) is -0.646. The summed E-state index contributed by atoms with van der Waals surface area (Å²) >= 11 is 5.81. The zero-order chi connectivity index (χ0) is 16.8. The lowest BCUT2D eigenvalue weighted by Gasteiger charge is -2.29. The highest BCUT2D eigenvalue weighted by atomic mass is 35.5. The Bertz CT molecular complexity index is 512. The Hall–Kier alpha value is -1.79. The molecule has 122 valence electrons. The van der Waals surface area contributed by atoms with E-state index in [2.05, 4.69) is 20.9 Å². The quantitative estimate of drug-likeness (QED) is 0.725. The van der Waals surface area contributed by atoms with Crippen LogP contribution in [0.3, 0.4) is 0 Å². The molecule has 0 aromatic heterocycles. The average Bonchev–Trinajstić information content (AvgIpc) is 2.45. The fraction of sp³-hybridized carbons (Fsp3) is 0.467. The van der Waals surface area contributed by atoms with Gasteiger partial charge in [0.05, 0.1) is 7.11 Å². The minimum atomic E-state index is -0.724. The van der Waals surface area contributed by atoms with Crippen molar-refractivity contribution in [2.24, 2.45) is 5.41 Å². The van der Waals surface area contributed by atoms with Crippen LogP contribution in [0.15, 0.2) is 24.3 Å². The van der Waals surface area contributed by atoms with Crippen LogP contribution in [0, 0.1) is 5.41 Å². The van der Waals surface area contributed by atoms with E-state index in [1.807, 2.05) is 32.9 Å². The number of carbonyl (C=O) groups is 2. The molecule has 1 atom stereocenters. The molecule has 22 heavy (non-hydrogen) atoms. The van der Waals surface area contributed by atoms with Crippen molar-refractivity contribution in [1.82, 2.24) is 16.2 Å². The fourth-order valence-corrected chi connectivity index (χ4v) is 1.89. The maximum Gasteiger partial charge on any atom is 0.407 e. The van der Waals surface area contributed by atoms with E-state index in [4.69, 9.17) is 11.6 Å². The molecule has 7 heteroatoms. The van der Waals surface area contributed by atoms with Crippen molar-refractivity contribution < 1.29 is 14.3 Å². The number of hydrogen-bond acceptors (Lipinski definition) is 4. The van der Waals surface area contributed by atoms with Crippen molar-refractivity contribution >= 4 is 23.6 Å². The smallest absolute Gasteiger partial charge is 0.407 e. The number of rotatable bonds is 5. The summed E-state index contributed by atoms with van der Waals surface area (Å²) in [5, 5.41) is 3.19. The van der Waals surface area contributed by atoms with Crippen molar-refractivity contribution in [2.75, 3.05) is 7.11 Å². The van der Waals surface area contributed by atoms with Crippen molar-refractivity contribution in [3.63, 3.8) is 0 Å². The molecule has 0 saturated carbocycles. The minimum Gasteiger partial charge on any atom is -0.453 e. The van der Waals surface area contributed by atoms with Gasteiger partial charge in [0.1, 0.15) is 6.04 Å². The normalized spacial score (nSPS) is 12.4. The van der Waals surface area contributed by atoms with E-state index in [9.17, 15) is 9.59 Å². The second kappa shape index (κ2) is 8.00. The maximum absolute atomic E-state index is 12.2. The molecule has 6 nitrogen and oxygen atoms in total. The molecule has 0 heterocycles. The lowest BCUT2D eigenvalue weighted by molar-refractivity contribution is -0.126. The number of hydrazine groups is 1. The number of benzene rings is 1. The van der Waals surface area contributed by atoms with Crippen LogP contribution < -0.4 is 16.2 Å².